The highest BCUT2D eigenvalue weighted by molar-refractivity contribution is 5.80. The van der Waals surface area contributed by atoms with Gasteiger partial charge in [-0.2, -0.15) is 5.10 Å². The van der Waals surface area contributed by atoms with Crippen LogP contribution in [0.5, 0.6) is 0 Å². The average molecular weight is 370 g/mol. The van der Waals surface area contributed by atoms with Crippen molar-refractivity contribution in [3.8, 4) is 0 Å². The molecule has 0 saturated heterocycles. The molecule has 1 fully saturated rings. The van der Waals surface area contributed by atoms with Crippen molar-refractivity contribution in [2.24, 2.45) is 4.99 Å². The second-order valence-corrected chi connectivity index (χ2v) is 7.53. The topological polar surface area (TPSA) is 67.1 Å². The molecule has 1 aromatic carbocycles. The lowest BCUT2D eigenvalue weighted by Gasteiger charge is -2.25. The van der Waals surface area contributed by atoms with Gasteiger partial charge in [-0.05, 0) is 51.2 Å². The zero-order chi connectivity index (χ0) is 18.9. The van der Waals surface area contributed by atoms with E-state index in [1.807, 2.05) is 23.7 Å². The molecule has 2 N–H and O–H groups in total. The first-order chi connectivity index (χ1) is 13.1. The Kier molecular flexibility index (Phi) is 4.85. The summed E-state index contributed by atoms with van der Waals surface area (Å²) < 4.78 is 16.2. The molecule has 1 unspecified atom stereocenters. The lowest BCUT2D eigenvalue weighted by molar-refractivity contribution is 0.397. The van der Waals surface area contributed by atoms with Crippen molar-refractivity contribution < 1.29 is 4.39 Å². The van der Waals surface area contributed by atoms with E-state index in [-0.39, 0.29) is 17.3 Å². The molecule has 2 aliphatic rings. The van der Waals surface area contributed by atoms with Gasteiger partial charge in [-0.25, -0.2) is 14.1 Å². The number of aliphatic imine (C=N–C) groups is 1. The van der Waals surface area contributed by atoms with Crippen molar-refractivity contribution in [2.45, 2.75) is 57.5 Å². The average Bonchev–Trinajstić information content (AvgIpc) is 3.34. The van der Waals surface area contributed by atoms with E-state index in [4.69, 9.17) is 4.99 Å². The maximum atomic E-state index is 14.2. The van der Waals surface area contributed by atoms with Crippen molar-refractivity contribution in [3.63, 3.8) is 0 Å². The Morgan fingerprint density at radius 2 is 2.19 bits per heavy atom. The van der Waals surface area contributed by atoms with Crippen LogP contribution in [-0.2, 0) is 12.0 Å². The maximum Gasteiger partial charge on any atom is 0.191 e. The molecule has 1 saturated carbocycles. The smallest absolute Gasteiger partial charge is 0.191 e. The standard InChI is InChI=1S/C20H27FN6/c1-3-22-19(25-17-9-6-12-27-18(17)24-14(2)26-27)23-13-20(10-11-20)15-7-4-5-8-16(15)21/h4-5,7-8,17H,3,6,9-13H2,1-2H3,(H2,22,23,25). The van der Waals surface area contributed by atoms with Gasteiger partial charge in [0.25, 0.3) is 0 Å². The summed E-state index contributed by atoms with van der Waals surface area (Å²) >= 11 is 0. The molecule has 4 rings (SSSR count). The molecule has 6 nitrogen and oxygen atoms in total. The lowest BCUT2D eigenvalue weighted by atomic mass is 9.95. The molecule has 2 heterocycles. The van der Waals surface area contributed by atoms with Crippen LogP contribution in [0.3, 0.4) is 0 Å². The molecular weight excluding hydrogens is 343 g/mol. The minimum absolute atomic E-state index is 0.0985. The van der Waals surface area contributed by atoms with Gasteiger partial charge < -0.3 is 10.6 Å². The van der Waals surface area contributed by atoms with Gasteiger partial charge in [0.1, 0.15) is 17.5 Å². The Morgan fingerprint density at radius 3 is 2.93 bits per heavy atom. The zero-order valence-electron chi connectivity index (χ0n) is 16.0. The van der Waals surface area contributed by atoms with Crippen LogP contribution in [0, 0.1) is 12.7 Å². The second kappa shape index (κ2) is 7.29. The van der Waals surface area contributed by atoms with Crippen LogP contribution < -0.4 is 10.6 Å². The number of guanidine groups is 1. The number of hydrogen-bond donors (Lipinski definition) is 2. The first kappa shape index (κ1) is 17.9. The van der Waals surface area contributed by atoms with Gasteiger partial charge in [0, 0.05) is 18.5 Å². The van der Waals surface area contributed by atoms with Crippen LogP contribution in [0.4, 0.5) is 4.39 Å². The summed E-state index contributed by atoms with van der Waals surface area (Å²) in [6.45, 7) is 6.25. The van der Waals surface area contributed by atoms with Crippen molar-refractivity contribution in [1.29, 1.82) is 0 Å². The number of benzene rings is 1. The van der Waals surface area contributed by atoms with Gasteiger partial charge in [0.2, 0.25) is 0 Å². The summed E-state index contributed by atoms with van der Waals surface area (Å²) in [5.41, 5.74) is 0.634. The summed E-state index contributed by atoms with van der Waals surface area (Å²) in [7, 11) is 0. The Labute approximate surface area is 159 Å². The van der Waals surface area contributed by atoms with Gasteiger partial charge in [0.05, 0.1) is 12.6 Å². The van der Waals surface area contributed by atoms with Gasteiger partial charge in [0.15, 0.2) is 5.96 Å². The van der Waals surface area contributed by atoms with Crippen molar-refractivity contribution in [1.82, 2.24) is 25.4 Å². The van der Waals surface area contributed by atoms with Gasteiger partial charge in [-0.1, -0.05) is 18.2 Å². The van der Waals surface area contributed by atoms with Crippen LogP contribution in [0.15, 0.2) is 29.3 Å². The third-order valence-electron chi connectivity index (χ3n) is 5.47. The van der Waals surface area contributed by atoms with E-state index in [0.29, 0.717) is 6.54 Å². The molecule has 2 aromatic rings. The number of aryl methyl sites for hydroxylation is 2. The van der Waals surface area contributed by atoms with E-state index in [1.165, 1.54) is 0 Å². The van der Waals surface area contributed by atoms with Gasteiger partial charge >= 0.3 is 0 Å². The normalized spacial score (nSPS) is 20.9. The number of rotatable bonds is 5. The molecule has 144 valence electrons. The molecular formula is C20H27FN6. The van der Waals surface area contributed by atoms with E-state index in [2.05, 4.69) is 27.6 Å². The van der Waals surface area contributed by atoms with Crippen LogP contribution in [0.25, 0.3) is 0 Å². The highest BCUT2D eigenvalue weighted by atomic mass is 19.1. The van der Waals surface area contributed by atoms with Crippen LogP contribution in [-0.4, -0.2) is 33.8 Å². The summed E-state index contributed by atoms with van der Waals surface area (Å²) in [6.07, 6.45) is 4.02. The molecule has 0 bridgehead atoms. The first-order valence-corrected chi connectivity index (χ1v) is 9.82. The molecule has 1 aliphatic carbocycles. The fourth-order valence-electron chi connectivity index (χ4n) is 3.88. The number of nitrogens with zero attached hydrogens (tertiary/aromatic N) is 4. The monoisotopic (exact) mass is 370 g/mol. The van der Waals surface area contributed by atoms with E-state index >= 15 is 0 Å². The quantitative estimate of drug-likeness (QED) is 0.627. The highest BCUT2D eigenvalue weighted by Crippen LogP contribution is 2.49. The number of aromatic nitrogens is 3. The summed E-state index contributed by atoms with van der Waals surface area (Å²) in [5.74, 6) is 2.41. The van der Waals surface area contributed by atoms with Crippen LogP contribution >= 0.6 is 0 Å². The lowest BCUT2D eigenvalue weighted by Crippen LogP contribution is -2.42. The third-order valence-corrected chi connectivity index (χ3v) is 5.47. The second-order valence-electron chi connectivity index (χ2n) is 7.53. The zero-order valence-corrected chi connectivity index (χ0v) is 16.0. The van der Waals surface area contributed by atoms with Crippen LogP contribution in [0.1, 0.15) is 55.9 Å². The predicted octanol–water partition coefficient (Wildman–Crippen LogP) is 2.85. The maximum absolute atomic E-state index is 14.2. The van der Waals surface area contributed by atoms with E-state index in [9.17, 15) is 4.39 Å². The number of hydrogen-bond acceptors (Lipinski definition) is 3. The Hall–Kier alpha value is -2.44. The molecule has 1 atom stereocenters. The van der Waals surface area contributed by atoms with Crippen molar-refractivity contribution in [3.05, 3.63) is 47.3 Å². The number of nitrogens with one attached hydrogen (secondary N) is 2. The molecule has 0 spiro atoms. The fraction of sp³-hybridized carbons (Fsp3) is 0.550. The Balaban J connectivity index is 1.51. The van der Waals surface area contributed by atoms with Crippen molar-refractivity contribution >= 4 is 5.96 Å². The molecule has 0 radical (unpaired) electrons. The summed E-state index contributed by atoms with van der Waals surface area (Å²) in [4.78, 5) is 9.39. The van der Waals surface area contributed by atoms with E-state index in [0.717, 1.165) is 61.9 Å². The molecule has 27 heavy (non-hydrogen) atoms. The van der Waals surface area contributed by atoms with E-state index < -0.39 is 0 Å². The molecule has 0 amide bonds. The minimum atomic E-state index is -0.156. The highest BCUT2D eigenvalue weighted by Gasteiger charge is 2.45. The molecule has 7 heteroatoms. The largest absolute Gasteiger partial charge is 0.357 e. The van der Waals surface area contributed by atoms with Crippen molar-refractivity contribution in [2.75, 3.05) is 13.1 Å². The predicted molar refractivity (Wildman–Crippen MR) is 103 cm³/mol. The number of fused-ring (bicyclic) bond motifs is 1. The van der Waals surface area contributed by atoms with Gasteiger partial charge in [-0.3, -0.25) is 4.99 Å². The van der Waals surface area contributed by atoms with Gasteiger partial charge in [-0.15, -0.1) is 0 Å². The number of halogens is 1. The Morgan fingerprint density at radius 1 is 1.37 bits per heavy atom. The fourth-order valence-corrected chi connectivity index (χ4v) is 3.88. The molecule has 1 aliphatic heterocycles. The first-order valence-electron chi connectivity index (χ1n) is 9.82. The minimum Gasteiger partial charge on any atom is -0.357 e. The summed E-state index contributed by atoms with van der Waals surface area (Å²) in [6, 6.07) is 7.18. The Bertz CT molecular complexity index is 839. The molecule has 1 aromatic heterocycles. The van der Waals surface area contributed by atoms with Crippen LogP contribution in [0.2, 0.25) is 0 Å². The third kappa shape index (κ3) is 3.68. The SMILES string of the molecule is CCNC(=NCC1(c2ccccc2F)CC1)NC1CCCn2nc(C)nc21. The summed E-state index contributed by atoms with van der Waals surface area (Å²) in [5, 5.41) is 11.3. The van der Waals surface area contributed by atoms with E-state index in [1.54, 1.807) is 12.1 Å².